The molecule has 0 saturated carbocycles. The molecule has 13 heteroatoms. The van der Waals surface area contributed by atoms with E-state index in [0.717, 1.165) is 6.92 Å². The van der Waals surface area contributed by atoms with Crippen LogP contribution in [0.3, 0.4) is 0 Å². The Morgan fingerprint density at radius 2 is 1.35 bits per heavy atom. The lowest BCUT2D eigenvalue weighted by molar-refractivity contribution is -0.402. The fourth-order valence-electron chi connectivity index (χ4n) is 3.08. The predicted octanol–water partition coefficient (Wildman–Crippen LogP) is 6.14. The van der Waals surface area contributed by atoms with Crippen molar-refractivity contribution in [3.63, 3.8) is 0 Å². The summed E-state index contributed by atoms with van der Waals surface area (Å²) in [5.74, 6) is -9.00. The van der Waals surface area contributed by atoms with Crippen LogP contribution in [-0.2, 0) is 9.53 Å². The summed E-state index contributed by atoms with van der Waals surface area (Å²) in [5, 5.41) is 9.04. The molecule has 0 aliphatic rings. The highest BCUT2D eigenvalue weighted by atomic mass is 19.4. The van der Waals surface area contributed by atoms with Gasteiger partial charge in [-0.1, -0.05) is 34.6 Å². The maximum Gasteiger partial charge on any atom is 0.431 e. The van der Waals surface area contributed by atoms with Gasteiger partial charge in [0, 0.05) is 0 Å². The number of rotatable bonds is 9. The van der Waals surface area contributed by atoms with E-state index in [1.54, 1.807) is 13.8 Å². The summed E-state index contributed by atoms with van der Waals surface area (Å²) < 4.78 is 137. The van der Waals surface area contributed by atoms with Gasteiger partial charge in [-0.25, -0.2) is 8.78 Å². The first-order chi connectivity index (χ1) is 13.4. The van der Waals surface area contributed by atoms with Crippen LogP contribution < -0.4 is 0 Å². The minimum atomic E-state index is -6.88. The number of hydrogen-bond donors (Lipinski definition) is 1. The number of alkyl halides is 10. The van der Waals surface area contributed by atoms with Crippen LogP contribution in [0.15, 0.2) is 0 Å². The van der Waals surface area contributed by atoms with Crippen LogP contribution in [0.5, 0.6) is 0 Å². The Kier molecular flexibility index (Phi) is 8.57. The quantitative estimate of drug-likeness (QED) is 0.319. The van der Waals surface area contributed by atoms with Crippen LogP contribution in [-0.4, -0.2) is 47.5 Å². The van der Waals surface area contributed by atoms with Crippen LogP contribution in [0, 0.1) is 16.7 Å². The average molecular weight is 480 g/mol. The second-order valence-electron chi connectivity index (χ2n) is 8.68. The second-order valence-corrected chi connectivity index (χ2v) is 8.68. The number of carbonyl (C=O) groups excluding carboxylic acids is 1. The Morgan fingerprint density at radius 1 is 0.935 bits per heavy atom. The summed E-state index contributed by atoms with van der Waals surface area (Å²) in [6, 6.07) is 0. The van der Waals surface area contributed by atoms with E-state index in [0.29, 0.717) is 0 Å². The van der Waals surface area contributed by atoms with E-state index in [4.69, 9.17) is 5.11 Å². The molecule has 0 radical (unpaired) electrons. The standard InChI is InChI=1S/C18H26F10O3/c1-7-13(4,5)14(6,8-9(2)3)12(29)31-10(17(23,24)25)16(21,22)15(30,11(19)20)18(26,27)28/h9-11,30H,7-8H2,1-6H3. The second kappa shape index (κ2) is 8.93. The van der Waals surface area contributed by atoms with E-state index < -0.39 is 53.2 Å². The molecule has 0 aromatic carbocycles. The molecule has 0 bridgehead atoms. The summed E-state index contributed by atoms with van der Waals surface area (Å²) in [4.78, 5) is 12.7. The number of aliphatic hydroxyl groups is 1. The topological polar surface area (TPSA) is 46.5 Å². The highest BCUT2D eigenvalue weighted by Crippen LogP contribution is 2.53. The zero-order valence-corrected chi connectivity index (χ0v) is 17.7. The molecule has 0 saturated heterocycles. The minimum absolute atomic E-state index is 0.127. The molecule has 3 unspecified atom stereocenters. The molecule has 1 N–H and O–H groups in total. The molecule has 0 fully saturated rings. The van der Waals surface area contributed by atoms with Gasteiger partial charge < -0.3 is 9.84 Å². The molecule has 0 aliphatic carbocycles. The zero-order valence-electron chi connectivity index (χ0n) is 17.7. The van der Waals surface area contributed by atoms with Crippen molar-refractivity contribution >= 4 is 5.97 Å². The van der Waals surface area contributed by atoms with E-state index in [1.165, 1.54) is 20.8 Å². The molecule has 0 amide bonds. The third-order valence-corrected chi connectivity index (χ3v) is 5.75. The Balaban J connectivity index is 6.64. The summed E-state index contributed by atoms with van der Waals surface area (Å²) in [5.41, 5.74) is -9.51. The molecule has 0 spiro atoms. The SMILES string of the molecule is CCC(C)(C)C(C)(CC(C)C)C(=O)OC(C(F)(F)F)C(F)(F)C(O)(C(F)F)C(F)(F)F. The molecule has 0 aliphatic heterocycles. The van der Waals surface area contributed by atoms with Crippen LogP contribution in [0.2, 0.25) is 0 Å². The van der Waals surface area contributed by atoms with Crippen LogP contribution in [0.4, 0.5) is 43.9 Å². The fraction of sp³-hybridized carbons (Fsp3) is 0.944. The lowest BCUT2D eigenvalue weighted by Gasteiger charge is -2.45. The van der Waals surface area contributed by atoms with Gasteiger partial charge in [0.25, 0.3) is 18.1 Å². The van der Waals surface area contributed by atoms with Gasteiger partial charge in [-0.05, 0) is 31.1 Å². The first-order valence-electron chi connectivity index (χ1n) is 9.16. The summed E-state index contributed by atoms with van der Waals surface area (Å²) in [6.07, 6.45) is -23.7. The number of halogens is 10. The number of hydrogen-bond acceptors (Lipinski definition) is 3. The molecule has 0 heterocycles. The normalized spacial score (nSPS) is 19.2. The van der Waals surface area contributed by atoms with Gasteiger partial charge in [0.1, 0.15) is 0 Å². The first kappa shape index (κ1) is 29.7. The van der Waals surface area contributed by atoms with Gasteiger partial charge in [0.05, 0.1) is 5.41 Å². The van der Waals surface area contributed by atoms with Gasteiger partial charge in [0.2, 0.25) is 0 Å². The monoisotopic (exact) mass is 480 g/mol. The summed E-state index contributed by atoms with van der Waals surface area (Å²) in [7, 11) is 0. The maximum absolute atomic E-state index is 14.3. The van der Waals surface area contributed by atoms with Gasteiger partial charge in [-0.2, -0.15) is 35.1 Å². The van der Waals surface area contributed by atoms with E-state index in [2.05, 4.69) is 4.74 Å². The molecule has 3 nitrogen and oxygen atoms in total. The summed E-state index contributed by atoms with van der Waals surface area (Å²) in [6.45, 7) is 8.53. The minimum Gasteiger partial charge on any atom is -0.446 e. The van der Waals surface area contributed by atoms with Crippen LogP contribution >= 0.6 is 0 Å². The van der Waals surface area contributed by atoms with E-state index in [-0.39, 0.29) is 18.8 Å². The van der Waals surface area contributed by atoms with Crippen LogP contribution in [0.25, 0.3) is 0 Å². The number of carbonyl (C=O) groups is 1. The highest BCUT2D eigenvalue weighted by Gasteiger charge is 2.81. The third kappa shape index (κ3) is 5.39. The van der Waals surface area contributed by atoms with Crippen molar-refractivity contribution in [1.29, 1.82) is 0 Å². The maximum atomic E-state index is 14.3. The first-order valence-corrected chi connectivity index (χ1v) is 9.16. The molecule has 186 valence electrons. The van der Waals surface area contributed by atoms with Crippen molar-refractivity contribution in [2.24, 2.45) is 16.7 Å². The molecular formula is C18H26F10O3. The van der Waals surface area contributed by atoms with Crippen LogP contribution in [0.1, 0.15) is 54.4 Å². The molecule has 0 rings (SSSR count). The molecule has 3 atom stereocenters. The molecule has 31 heavy (non-hydrogen) atoms. The van der Waals surface area contributed by atoms with Gasteiger partial charge in [-0.15, -0.1) is 0 Å². The van der Waals surface area contributed by atoms with Crippen molar-refractivity contribution in [3.8, 4) is 0 Å². The zero-order chi connectivity index (χ0) is 25.4. The van der Waals surface area contributed by atoms with Gasteiger partial charge in [0.15, 0.2) is 0 Å². The molecular weight excluding hydrogens is 454 g/mol. The fourth-order valence-corrected chi connectivity index (χ4v) is 3.08. The number of ether oxygens (including phenoxy) is 1. The summed E-state index contributed by atoms with van der Waals surface area (Å²) >= 11 is 0. The average Bonchev–Trinajstić information content (AvgIpc) is 2.54. The van der Waals surface area contributed by atoms with Crippen molar-refractivity contribution in [2.45, 2.75) is 90.8 Å². The Bertz CT molecular complexity index is 627. The largest absolute Gasteiger partial charge is 0.446 e. The predicted molar refractivity (Wildman–Crippen MR) is 89.5 cm³/mol. The van der Waals surface area contributed by atoms with Gasteiger partial charge in [-0.3, -0.25) is 4.79 Å². The van der Waals surface area contributed by atoms with Crippen molar-refractivity contribution in [1.82, 2.24) is 0 Å². The van der Waals surface area contributed by atoms with E-state index in [9.17, 15) is 48.7 Å². The smallest absolute Gasteiger partial charge is 0.431 e. The number of esters is 1. The van der Waals surface area contributed by atoms with E-state index in [1.807, 2.05) is 0 Å². The lowest BCUT2D eigenvalue weighted by atomic mass is 9.61. The van der Waals surface area contributed by atoms with Crippen molar-refractivity contribution in [2.75, 3.05) is 0 Å². The highest BCUT2D eigenvalue weighted by molar-refractivity contribution is 5.77. The van der Waals surface area contributed by atoms with E-state index >= 15 is 0 Å². The van der Waals surface area contributed by atoms with Crippen molar-refractivity contribution < 1.29 is 58.5 Å². The Morgan fingerprint density at radius 3 is 1.61 bits per heavy atom. The van der Waals surface area contributed by atoms with Gasteiger partial charge >= 0.3 is 24.2 Å². The molecule has 0 aromatic rings. The van der Waals surface area contributed by atoms with Crippen molar-refractivity contribution in [3.05, 3.63) is 0 Å². The third-order valence-electron chi connectivity index (χ3n) is 5.75. The Hall–Kier alpha value is -1.27. The Labute approximate surface area is 173 Å². The molecule has 0 aromatic heterocycles. The lowest BCUT2D eigenvalue weighted by Crippen LogP contribution is -2.70.